The molecule has 1 saturated carbocycles. The maximum atomic E-state index is 12.7. The van der Waals surface area contributed by atoms with Crippen molar-refractivity contribution >= 4 is 15.9 Å². The van der Waals surface area contributed by atoms with Crippen LogP contribution >= 0.6 is 0 Å². The molecule has 3 rings (SSSR count). The molecule has 1 saturated heterocycles. The van der Waals surface area contributed by atoms with Gasteiger partial charge in [0.25, 0.3) is 0 Å². The van der Waals surface area contributed by atoms with Crippen LogP contribution in [0.5, 0.6) is 5.75 Å². The average molecular weight is 352 g/mol. The second kappa shape index (κ2) is 7.11. The van der Waals surface area contributed by atoms with Gasteiger partial charge in [0, 0.05) is 25.6 Å². The first-order valence-electron chi connectivity index (χ1n) is 8.47. The van der Waals surface area contributed by atoms with E-state index in [0.29, 0.717) is 37.7 Å². The fourth-order valence-electron chi connectivity index (χ4n) is 2.96. The number of carbonyl (C=O) groups is 1. The van der Waals surface area contributed by atoms with Crippen molar-refractivity contribution < 1.29 is 17.9 Å². The molecular weight excluding hydrogens is 328 g/mol. The van der Waals surface area contributed by atoms with Gasteiger partial charge in [-0.1, -0.05) is 0 Å². The molecule has 7 heteroatoms. The number of carbonyl (C=O) groups excluding carboxylic acids is 1. The average Bonchev–Trinajstić information content (AvgIpc) is 3.20. The third kappa shape index (κ3) is 3.89. The quantitative estimate of drug-likeness (QED) is 0.810. The van der Waals surface area contributed by atoms with Crippen molar-refractivity contribution in [1.29, 1.82) is 0 Å². The van der Waals surface area contributed by atoms with Crippen LogP contribution in [0.25, 0.3) is 0 Å². The number of nitrogens with zero attached hydrogens (tertiary/aromatic N) is 1. The van der Waals surface area contributed by atoms with Gasteiger partial charge in [0.05, 0.1) is 12.0 Å². The Kier molecular flexibility index (Phi) is 5.10. The zero-order valence-corrected chi connectivity index (χ0v) is 14.8. The van der Waals surface area contributed by atoms with Crippen molar-refractivity contribution in [3.8, 4) is 5.75 Å². The monoisotopic (exact) mass is 352 g/mol. The Morgan fingerprint density at radius 3 is 2.62 bits per heavy atom. The van der Waals surface area contributed by atoms with Gasteiger partial charge in [-0.25, -0.2) is 8.42 Å². The Balaban J connectivity index is 1.75. The van der Waals surface area contributed by atoms with E-state index in [-0.39, 0.29) is 10.8 Å². The lowest BCUT2D eigenvalue weighted by Gasteiger charge is -2.17. The van der Waals surface area contributed by atoms with Crippen molar-refractivity contribution in [1.82, 2.24) is 9.62 Å². The lowest BCUT2D eigenvalue weighted by Crippen LogP contribution is -2.28. The number of benzene rings is 1. The van der Waals surface area contributed by atoms with E-state index >= 15 is 0 Å². The van der Waals surface area contributed by atoms with Gasteiger partial charge in [0.1, 0.15) is 5.75 Å². The summed E-state index contributed by atoms with van der Waals surface area (Å²) in [6.07, 6.45) is 4.72. The molecule has 1 aliphatic carbocycles. The summed E-state index contributed by atoms with van der Waals surface area (Å²) in [6, 6.07) is 5.25. The highest BCUT2D eigenvalue weighted by Crippen LogP contribution is 2.27. The van der Waals surface area contributed by atoms with Crippen molar-refractivity contribution in [2.75, 3.05) is 20.2 Å². The minimum atomic E-state index is -3.46. The molecule has 132 valence electrons. The molecule has 1 aromatic carbocycles. The Morgan fingerprint density at radius 2 is 2.00 bits per heavy atom. The highest BCUT2D eigenvalue weighted by atomic mass is 32.2. The number of methoxy groups -OCH3 is 1. The van der Waals surface area contributed by atoms with Gasteiger partial charge in [0.15, 0.2) is 0 Å². The van der Waals surface area contributed by atoms with Crippen molar-refractivity contribution in [3.63, 3.8) is 0 Å². The van der Waals surface area contributed by atoms with E-state index in [1.807, 2.05) is 0 Å². The van der Waals surface area contributed by atoms with Gasteiger partial charge in [-0.05, 0) is 55.9 Å². The predicted octanol–water partition coefficient (Wildman–Crippen LogP) is 1.69. The van der Waals surface area contributed by atoms with Gasteiger partial charge in [0.2, 0.25) is 15.9 Å². The van der Waals surface area contributed by atoms with Crippen LogP contribution in [-0.4, -0.2) is 44.9 Å². The first-order valence-corrected chi connectivity index (χ1v) is 9.91. The molecule has 1 aliphatic heterocycles. The minimum absolute atomic E-state index is 0.00681. The van der Waals surface area contributed by atoms with Crippen LogP contribution in [0.15, 0.2) is 23.1 Å². The number of hydrogen-bond acceptors (Lipinski definition) is 4. The van der Waals surface area contributed by atoms with Gasteiger partial charge in [-0.2, -0.15) is 4.31 Å². The molecule has 1 amide bonds. The third-order valence-electron chi connectivity index (χ3n) is 4.52. The van der Waals surface area contributed by atoms with Crippen LogP contribution in [0, 0.1) is 0 Å². The number of nitrogens with one attached hydrogen (secondary N) is 1. The molecule has 0 unspecified atom stereocenters. The fraction of sp³-hybridized carbons (Fsp3) is 0.588. The van der Waals surface area contributed by atoms with Crippen LogP contribution in [0.1, 0.15) is 37.7 Å². The summed E-state index contributed by atoms with van der Waals surface area (Å²) in [5.74, 6) is 0.627. The first-order chi connectivity index (χ1) is 11.5. The van der Waals surface area contributed by atoms with E-state index < -0.39 is 10.0 Å². The van der Waals surface area contributed by atoms with Crippen molar-refractivity contribution in [2.45, 2.75) is 49.5 Å². The third-order valence-corrected chi connectivity index (χ3v) is 6.41. The van der Waals surface area contributed by atoms with E-state index in [1.165, 1.54) is 4.31 Å². The van der Waals surface area contributed by atoms with Crippen LogP contribution in [0.4, 0.5) is 0 Å². The lowest BCUT2D eigenvalue weighted by molar-refractivity contribution is -0.121. The molecule has 2 aliphatic rings. The number of sulfonamides is 1. The molecule has 1 heterocycles. The summed E-state index contributed by atoms with van der Waals surface area (Å²) in [6.45, 7) is 1.15. The number of amides is 1. The van der Waals surface area contributed by atoms with Crippen LogP contribution < -0.4 is 10.1 Å². The molecule has 1 N–H and O–H groups in total. The number of rotatable bonds is 7. The normalized spacial score (nSPS) is 18.5. The van der Waals surface area contributed by atoms with E-state index in [2.05, 4.69) is 5.32 Å². The van der Waals surface area contributed by atoms with Crippen LogP contribution in [-0.2, 0) is 21.2 Å². The molecule has 0 spiro atoms. The standard InChI is InChI=1S/C17H24N2O4S/c1-23-16-8-7-15(24(21,22)19-10-2-3-11-19)12-13(16)4-9-17(20)18-14-5-6-14/h7-8,12,14H,2-6,9-11H2,1H3,(H,18,20). The Morgan fingerprint density at radius 1 is 1.29 bits per heavy atom. The first kappa shape index (κ1) is 17.2. The summed E-state index contributed by atoms with van der Waals surface area (Å²) < 4.78 is 32.2. The molecule has 1 aromatic rings. The van der Waals surface area contributed by atoms with Crippen molar-refractivity contribution in [3.05, 3.63) is 23.8 Å². The Bertz CT molecular complexity index is 707. The molecule has 2 fully saturated rings. The predicted molar refractivity (Wildman–Crippen MR) is 90.5 cm³/mol. The summed E-state index contributed by atoms with van der Waals surface area (Å²) in [5, 5.41) is 2.94. The smallest absolute Gasteiger partial charge is 0.243 e. The molecular formula is C17H24N2O4S. The number of ether oxygens (including phenoxy) is 1. The zero-order valence-electron chi connectivity index (χ0n) is 14.0. The lowest BCUT2D eigenvalue weighted by atomic mass is 10.1. The molecule has 24 heavy (non-hydrogen) atoms. The number of aryl methyl sites for hydroxylation is 1. The van der Waals surface area contributed by atoms with E-state index in [1.54, 1.807) is 25.3 Å². The summed E-state index contributed by atoms with van der Waals surface area (Å²) >= 11 is 0. The topological polar surface area (TPSA) is 75.7 Å². The molecule has 0 aromatic heterocycles. The molecule has 6 nitrogen and oxygen atoms in total. The van der Waals surface area contributed by atoms with Crippen LogP contribution in [0.3, 0.4) is 0 Å². The Labute approximate surface area is 143 Å². The molecule has 0 atom stereocenters. The van der Waals surface area contributed by atoms with Gasteiger partial charge in [-0.15, -0.1) is 0 Å². The van der Waals surface area contributed by atoms with E-state index in [0.717, 1.165) is 31.2 Å². The molecule has 0 radical (unpaired) electrons. The Hall–Kier alpha value is -1.60. The SMILES string of the molecule is COc1ccc(S(=O)(=O)N2CCCC2)cc1CCC(=O)NC1CC1. The zero-order chi connectivity index (χ0) is 17.2. The van der Waals surface area contributed by atoms with Gasteiger partial charge in [-0.3, -0.25) is 4.79 Å². The summed E-state index contributed by atoms with van der Waals surface area (Å²) in [7, 11) is -1.90. The highest BCUT2D eigenvalue weighted by Gasteiger charge is 2.28. The highest BCUT2D eigenvalue weighted by molar-refractivity contribution is 7.89. The van der Waals surface area contributed by atoms with E-state index in [9.17, 15) is 13.2 Å². The summed E-state index contributed by atoms with van der Waals surface area (Å²) in [5.41, 5.74) is 0.753. The maximum Gasteiger partial charge on any atom is 0.243 e. The molecule has 0 bridgehead atoms. The van der Waals surface area contributed by atoms with Crippen molar-refractivity contribution in [2.24, 2.45) is 0 Å². The maximum absolute atomic E-state index is 12.7. The van der Waals surface area contributed by atoms with Gasteiger partial charge < -0.3 is 10.1 Å². The second-order valence-corrected chi connectivity index (χ2v) is 8.36. The largest absolute Gasteiger partial charge is 0.496 e. The number of hydrogen-bond donors (Lipinski definition) is 1. The fourth-order valence-corrected chi connectivity index (χ4v) is 4.53. The van der Waals surface area contributed by atoms with Crippen LogP contribution in [0.2, 0.25) is 0 Å². The second-order valence-electron chi connectivity index (χ2n) is 6.43. The van der Waals surface area contributed by atoms with E-state index in [4.69, 9.17) is 4.74 Å². The van der Waals surface area contributed by atoms with Gasteiger partial charge >= 0.3 is 0 Å². The minimum Gasteiger partial charge on any atom is -0.496 e. The summed E-state index contributed by atoms with van der Waals surface area (Å²) in [4.78, 5) is 12.2.